The van der Waals surface area contributed by atoms with Crippen molar-refractivity contribution in [1.82, 2.24) is 0 Å². The highest BCUT2D eigenvalue weighted by molar-refractivity contribution is 6.30. The van der Waals surface area contributed by atoms with Gasteiger partial charge in [0.25, 0.3) is 0 Å². The number of oxime groups is 1. The van der Waals surface area contributed by atoms with Gasteiger partial charge in [-0.05, 0) is 17.7 Å². The van der Waals surface area contributed by atoms with E-state index in [0.717, 1.165) is 5.56 Å². The van der Waals surface area contributed by atoms with Crippen molar-refractivity contribution in [2.75, 3.05) is 13.2 Å². The summed E-state index contributed by atoms with van der Waals surface area (Å²) in [5.74, 6) is 0. The Bertz CT molecular complexity index is 271. The van der Waals surface area contributed by atoms with Crippen LogP contribution >= 0.6 is 11.6 Å². The molecular weight excluding hydrogens is 190 g/mol. The van der Waals surface area contributed by atoms with E-state index in [0.29, 0.717) is 5.02 Å². The molecule has 0 aromatic heterocycles. The van der Waals surface area contributed by atoms with Crippen LogP contribution in [0, 0.1) is 0 Å². The zero-order valence-electron chi connectivity index (χ0n) is 6.98. The molecule has 4 heteroatoms. The van der Waals surface area contributed by atoms with E-state index >= 15 is 0 Å². The lowest BCUT2D eigenvalue weighted by Crippen LogP contribution is -1.93. The summed E-state index contributed by atoms with van der Waals surface area (Å²) < 4.78 is 0. The first-order valence-electron chi connectivity index (χ1n) is 3.84. The summed E-state index contributed by atoms with van der Waals surface area (Å²) in [5, 5.41) is 12.7. The molecule has 0 heterocycles. The van der Waals surface area contributed by atoms with Gasteiger partial charge in [0, 0.05) is 5.02 Å². The van der Waals surface area contributed by atoms with Crippen molar-refractivity contribution in [2.24, 2.45) is 5.16 Å². The van der Waals surface area contributed by atoms with Gasteiger partial charge in [-0.15, -0.1) is 0 Å². The maximum absolute atomic E-state index is 8.38. The molecular formula is C9H10ClNO2. The molecule has 0 aliphatic heterocycles. The van der Waals surface area contributed by atoms with Crippen LogP contribution in [-0.4, -0.2) is 24.5 Å². The predicted molar refractivity (Wildman–Crippen MR) is 52.1 cm³/mol. The first kappa shape index (κ1) is 10.0. The molecule has 0 saturated heterocycles. The standard InChI is InChI=1S/C9H10ClNO2/c10-9-3-1-8(2-4-9)7-11-13-6-5-12/h1-4,7,12H,5-6H2/b11-7+. The lowest BCUT2D eigenvalue weighted by molar-refractivity contribution is 0.0997. The van der Waals surface area contributed by atoms with Crippen molar-refractivity contribution < 1.29 is 9.94 Å². The van der Waals surface area contributed by atoms with Crippen LogP contribution in [0.3, 0.4) is 0 Å². The highest BCUT2D eigenvalue weighted by Crippen LogP contribution is 2.07. The Kier molecular flexibility index (Phi) is 4.29. The van der Waals surface area contributed by atoms with Crippen LogP contribution in [0.2, 0.25) is 5.02 Å². The number of hydrogen-bond donors (Lipinski definition) is 1. The Labute approximate surface area is 81.6 Å². The van der Waals surface area contributed by atoms with Gasteiger partial charge < -0.3 is 9.94 Å². The normalized spacial score (nSPS) is 10.6. The maximum Gasteiger partial charge on any atom is 0.140 e. The van der Waals surface area contributed by atoms with Crippen LogP contribution in [0.25, 0.3) is 0 Å². The third kappa shape index (κ3) is 3.92. The number of nitrogens with zero attached hydrogens (tertiary/aromatic N) is 1. The minimum absolute atomic E-state index is 0.0298. The third-order valence-corrected chi connectivity index (χ3v) is 1.58. The van der Waals surface area contributed by atoms with E-state index in [-0.39, 0.29) is 13.2 Å². The minimum atomic E-state index is -0.0298. The van der Waals surface area contributed by atoms with E-state index in [2.05, 4.69) is 5.16 Å². The van der Waals surface area contributed by atoms with Gasteiger partial charge >= 0.3 is 0 Å². The summed E-state index contributed by atoms with van der Waals surface area (Å²) in [4.78, 5) is 4.70. The summed E-state index contributed by atoms with van der Waals surface area (Å²) >= 11 is 5.69. The molecule has 0 aliphatic carbocycles. The number of benzene rings is 1. The van der Waals surface area contributed by atoms with Crippen molar-refractivity contribution in [3.05, 3.63) is 34.9 Å². The first-order chi connectivity index (χ1) is 6.33. The summed E-state index contributed by atoms with van der Waals surface area (Å²) in [6, 6.07) is 7.20. The van der Waals surface area contributed by atoms with Crippen LogP contribution in [0.15, 0.2) is 29.4 Å². The number of halogens is 1. The van der Waals surface area contributed by atoms with Crippen LogP contribution < -0.4 is 0 Å². The topological polar surface area (TPSA) is 41.8 Å². The zero-order chi connectivity index (χ0) is 9.52. The second-order valence-corrected chi connectivity index (χ2v) is 2.78. The monoisotopic (exact) mass is 199 g/mol. The lowest BCUT2D eigenvalue weighted by atomic mass is 10.2. The van der Waals surface area contributed by atoms with E-state index in [1.165, 1.54) is 0 Å². The van der Waals surface area contributed by atoms with Gasteiger partial charge in [0.1, 0.15) is 6.61 Å². The van der Waals surface area contributed by atoms with Gasteiger partial charge in [0.15, 0.2) is 0 Å². The summed E-state index contributed by atoms with van der Waals surface area (Å²) in [6.07, 6.45) is 1.56. The second kappa shape index (κ2) is 5.56. The van der Waals surface area contributed by atoms with E-state index in [1.807, 2.05) is 12.1 Å². The number of aliphatic hydroxyl groups excluding tert-OH is 1. The van der Waals surface area contributed by atoms with Crippen LogP contribution in [0.5, 0.6) is 0 Å². The molecule has 1 rings (SSSR count). The fourth-order valence-electron chi connectivity index (χ4n) is 0.741. The van der Waals surface area contributed by atoms with Crippen molar-refractivity contribution in [3.63, 3.8) is 0 Å². The number of aliphatic hydroxyl groups is 1. The molecule has 70 valence electrons. The SMILES string of the molecule is OCCO/N=C/c1ccc(Cl)cc1. The smallest absolute Gasteiger partial charge is 0.140 e. The summed E-state index contributed by atoms with van der Waals surface area (Å²) in [6.45, 7) is 0.183. The first-order valence-corrected chi connectivity index (χ1v) is 4.22. The quantitative estimate of drug-likeness (QED) is 0.456. The molecule has 1 N–H and O–H groups in total. The van der Waals surface area contributed by atoms with Crippen molar-refractivity contribution in [3.8, 4) is 0 Å². The van der Waals surface area contributed by atoms with Crippen molar-refractivity contribution in [2.45, 2.75) is 0 Å². The second-order valence-electron chi connectivity index (χ2n) is 2.34. The molecule has 0 amide bonds. The van der Waals surface area contributed by atoms with Gasteiger partial charge in [0.2, 0.25) is 0 Å². The molecule has 3 nitrogen and oxygen atoms in total. The molecule has 0 bridgehead atoms. The van der Waals surface area contributed by atoms with Crippen LogP contribution in [-0.2, 0) is 4.84 Å². The predicted octanol–water partition coefficient (Wildman–Crippen LogP) is 1.68. The molecule has 0 saturated carbocycles. The maximum atomic E-state index is 8.38. The van der Waals surface area contributed by atoms with E-state index in [9.17, 15) is 0 Å². The summed E-state index contributed by atoms with van der Waals surface area (Å²) in [5.41, 5.74) is 0.905. The van der Waals surface area contributed by atoms with Gasteiger partial charge in [-0.2, -0.15) is 0 Å². The molecule has 0 fully saturated rings. The lowest BCUT2D eigenvalue weighted by Gasteiger charge is -1.94. The number of rotatable bonds is 4. The van der Waals surface area contributed by atoms with Crippen LogP contribution in [0.1, 0.15) is 5.56 Å². The van der Waals surface area contributed by atoms with E-state index in [1.54, 1.807) is 18.3 Å². The Balaban J connectivity index is 2.44. The van der Waals surface area contributed by atoms with E-state index in [4.69, 9.17) is 21.5 Å². The minimum Gasteiger partial charge on any atom is -0.393 e. The average Bonchev–Trinajstić information content (AvgIpc) is 2.15. The average molecular weight is 200 g/mol. The molecule has 0 unspecified atom stereocenters. The Morgan fingerprint density at radius 2 is 2.08 bits per heavy atom. The van der Waals surface area contributed by atoms with Crippen molar-refractivity contribution in [1.29, 1.82) is 0 Å². The fourth-order valence-corrected chi connectivity index (χ4v) is 0.866. The zero-order valence-corrected chi connectivity index (χ0v) is 7.74. The summed E-state index contributed by atoms with van der Waals surface area (Å²) in [7, 11) is 0. The third-order valence-electron chi connectivity index (χ3n) is 1.33. The van der Waals surface area contributed by atoms with Gasteiger partial charge in [0.05, 0.1) is 12.8 Å². The molecule has 0 spiro atoms. The fraction of sp³-hybridized carbons (Fsp3) is 0.222. The molecule has 13 heavy (non-hydrogen) atoms. The molecule has 0 atom stereocenters. The largest absolute Gasteiger partial charge is 0.393 e. The van der Waals surface area contributed by atoms with Crippen LogP contribution in [0.4, 0.5) is 0 Å². The molecule has 1 aromatic carbocycles. The Morgan fingerprint density at radius 1 is 1.38 bits per heavy atom. The number of hydrogen-bond acceptors (Lipinski definition) is 3. The Morgan fingerprint density at radius 3 is 2.69 bits per heavy atom. The highest BCUT2D eigenvalue weighted by atomic mass is 35.5. The Hall–Kier alpha value is -1.06. The molecule has 0 radical (unpaired) electrons. The van der Waals surface area contributed by atoms with Gasteiger partial charge in [-0.3, -0.25) is 0 Å². The van der Waals surface area contributed by atoms with Gasteiger partial charge in [-0.25, -0.2) is 0 Å². The van der Waals surface area contributed by atoms with E-state index < -0.39 is 0 Å². The van der Waals surface area contributed by atoms with Crippen molar-refractivity contribution >= 4 is 17.8 Å². The molecule has 0 aliphatic rings. The van der Waals surface area contributed by atoms with Gasteiger partial charge in [-0.1, -0.05) is 28.9 Å². The molecule has 1 aromatic rings. The highest BCUT2D eigenvalue weighted by Gasteiger charge is 1.87.